The third-order valence-corrected chi connectivity index (χ3v) is 3.89. The molecule has 0 bridgehead atoms. The molecule has 1 saturated carbocycles. The van der Waals surface area contributed by atoms with E-state index in [-0.39, 0.29) is 6.04 Å². The Morgan fingerprint density at radius 3 is 3.12 bits per heavy atom. The number of aromatic nitrogens is 2. The Bertz CT molecular complexity index is 365. The van der Waals surface area contributed by atoms with Crippen molar-refractivity contribution in [1.82, 2.24) is 9.36 Å². The number of nitrogens with two attached hydrogens (primary N) is 1. The van der Waals surface area contributed by atoms with Crippen LogP contribution in [0.4, 0.5) is 5.13 Å². The molecule has 1 aromatic heterocycles. The lowest BCUT2D eigenvalue weighted by molar-refractivity contribution is 0.0962. The van der Waals surface area contributed by atoms with Crippen LogP contribution in [0.2, 0.25) is 0 Å². The largest absolute Gasteiger partial charge is 0.377 e. The second kappa shape index (κ2) is 4.27. The standard InChI is InChI=1S/C10H16N4OS/c11-5-8-6-15-4-3-14(8)10-12-9(13-16-10)7-1-2-7/h7-8H,1-6,11H2. The summed E-state index contributed by atoms with van der Waals surface area (Å²) in [4.78, 5) is 6.86. The molecule has 2 fully saturated rings. The lowest BCUT2D eigenvalue weighted by Gasteiger charge is -2.34. The van der Waals surface area contributed by atoms with E-state index in [4.69, 9.17) is 10.5 Å². The summed E-state index contributed by atoms with van der Waals surface area (Å²) in [6, 6.07) is 0.258. The lowest BCUT2D eigenvalue weighted by Crippen LogP contribution is -2.49. The van der Waals surface area contributed by atoms with Gasteiger partial charge in [-0.05, 0) is 12.8 Å². The first kappa shape index (κ1) is 10.4. The van der Waals surface area contributed by atoms with Crippen molar-refractivity contribution in [3.63, 3.8) is 0 Å². The topological polar surface area (TPSA) is 64.3 Å². The number of nitrogens with zero attached hydrogens (tertiary/aromatic N) is 3. The molecule has 16 heavy (non-hydrogen) atoms. The molecule has 0 aromatic carbocycles. The van der Waals surface area contributed by atoms with Gasteiger partial charge in [-0.3, -0.25) is 0 Å². The van der Waals surface area contributed by atoms with E-state index in [1.165, 1.54) is 24.4 Å². The molecule has 2 heterocycles. The van der Waals surface area contributed by atoms with Crippen LogP contribution >= 0.6 is 11.5 Å². The predicted molar refractivity (Wildman–Crippen MR) is 62.9 cm³/mol. The van der Waals surface area contributed by atoms with Crippen LogP contribution in [0, 0.1) is 0 Å². The molecule has 1 aliphatic carbocycles. The third-order valence-electron chi connectivity index (χ3n) is 3.12. The molecule has 0 amide bonds. The van der Waals surface area contributed by atoms with Crippen molar-refractivity contribution >= 4 is 16.7 Å². The second-order valence-corrected chi connectivity index (χ2v) is 5.10. The van der Waals surface area contributed by atoms with Crippen LogP contribution in [-0.2, 0) is 4.74 Å². The highest BCUT2D eigenvalue weighted by atomic mass is 32.1. The highest BCUT2D eigenvalue weighted by molar-refractivity contribution is 7.09. The zero-order valence-corrected chi connectivity index (χ0v) is 9.95. The minimum Gasteiger partial charge on any atom is -0.377 e. The quantitative estimate of drug-likeness (QED) is 0.837. The van der Waals surface area contributed by atoms with Crippen molar-refractivity contribution in [2.75, 3.05) is 31.2 Å². The summed E-state index contributed by atoms with van der Waals surface area (Å²) in [6.07, 6.45) is 2.50. The number of hydrogen-bond donors (Lipinski definition) is 1. The molecule has 0 spiro atoms. The third kappa shape index (κ3) is 1.92. The van der Waals surface area contributed by atoms with Crippen molar-refractivity contribution in [2.24, 2.45) is 5.73 Å². The maximum atomic E-state index is 5.74. The normalized spacial score (nSPS) is 26.1. The van der Waals surface area contributed by atoms with Gasteiger partial charge in [-0.1, -0.05) is 0 Å². The van der Waals surface area contributed by atoms with Crippen molar-refractivity contribution in [2.45, 2.75) is 24.8 Å². The molecule has 1 saturated heterocycles. The van der Waals surface area contributed by atoms with E-state index < -0.39 is 0 Å². The number of anilines is 1. The molecule has 2 N–H and O–H groups in total. The molecule has 5 nitrogen and oxygen atoms in total. The first-order chi connectivity index (χ1) is 7.88. The summed E-state index contributed by atoms with van der Waals surface area (Å²) >= 11 is 1.50. The Kier molecular flexibility index (Phi) is 2.79. The summed E-state index contributed by atoms with van der Waals surface area (Å²) in [7, 11) is 0. The number of morpholine rings is 1. The summed E-state index contributed by atoms with van der Waals surface area (Å²) < 4.78 is 9.86. The Hall–Kier alpha value is -0.720. The van der Waals surface area contributed by atoms with Crippen LogP contribution in [-0.4, -0.2) is 41.7 Å². The fraction of sp³-hybridized carbons (Fsp3) is 0.800. The van der Waals surface area contributed by atoms with Gasteiger partial charge in [0.2, 0.25) is 5.13 Å². The van der Waals surface area contributed by atoms with E-state index in [1.54, 1.807) is 0 Å². The van der Waals surface area contributed by atoms with E-state index in [0.29, 0.717) is 19.1 Å². The second-order valence-electron chi connectivity index (χ2n) is 4.37. The van der Waals surface area contributed by atoms with Crippen LogP contribution in [0.25, 0.3) is 0 Å². The molecular weight excluding hydrogens is 224 g/mol. The monoisotopic (exact) mass is 240 g/mol. The van der Waals surface area contributed by atoms with Crippen molar-refractivity contribution in [1.29, 1.82) is 0 Å². The lowest BCUT2D eigenvalue weighted by atomic mass is 10.2. The van der Waals surface area contributed by atoms with Gasteiger partial charge >= 0.3 is 0 Å². The average molecular weight is 240 g/mol. The van der Waals surface area contributed by atoms with Gasteiger partial charge in [-0.25, -0.2) is 4.98 Å². The first-order valence-corrected chi connectivity index (χ1v) is 6.54. The SMILES string of the molecule is NCC1COCCN1c1nc(C2CC2)ns1. The van der Waals surface area contributed by atoms with E-state index in [1.807, 2.05) is 0 Å². The van der Waals surface area contributed by atoms with E-state index >= 15 is 0 Å². The van der Waals surface area contributed by atoms with Gasteiger partial charge in [0.05, 0.1) is 19.3 Å². The summed E-state index contributed by atoms with van der Waals surface area (Å²) in [5, 5.41) is 1.01. The van der Waals surface area contributed by atoms with Crippen molar-refractivity contribution in [3.8, 4) is 0 Å². The molecule has 3 rings (SSSR count). The predicted octanol–water partition coefficient (Wildman–Crippen LogP) is 0.579. The van der Waals surface area contributed by atoms with Crippen LogP contribution in [0.1, 0.15) is 24.6 Å². The fourth-order valence-corrected chi connectivity index (χ4v) is 2.80. The van der Waals surface area contributed by atoms with Gasteiger partial charge in [-0.2, -0.15) is 4.37 Å². The molecule has 1 atom stereocenters. The molecule has 1 aromatic rings. The van der Waals surface area contributed by atoms with Crippen molar-refractivity contribution < 1.29 is 4.74 Å². The molecule has 88 valence electrons. The van der Waals surface area contributed by atoms with Crippen LogP contribution in [0.15, 0.2) is 0 Å². The minimum absolute atomic E-state index is 0.258. The molecule has 0 radical (unpaired) electrons. The molecule has 1 unspecified atom stereocenters. The molecule has 6 heteroatoms. The fourth-order valence-electron chi connectivity index (χ4n) is 1.95. The van der Waals surface area contributed by atoms with Crippen LogP contribution < -0.4 is 10.6 Å². The Labute approximate surface area is 98.8 Å². The molecule has 1 aliphatic heterocycles. The molecular formula is C10H16N4OS. The maximum Gasteiger partial charge on any atom is 0.205 e. The Morgan fingerprint density at radius 2 is 2.38 bits per heavy atom. The van der Waals surface area contributed by atoms with Crippen LogP contribution in [0.3, 0.4) is 0 Å². The van der Waals surface area contributed by atoms with E-state index in [9.17, 15) is 0 Å². The highest BCUT2D eigenvalue weighted by Gasteiger charge is 2.30. The zero-order valence-electron chi connectivity index (χ0n) is 9.13. The summed E-state index contributed by atoms with van der Waals surface area (Å²) in [5.74, 6) is 1.66. The summed E-state index contributed by atoms with van der Waals surface area (Å²) in [5.41, 5.74) is 5.74. The van der Waals surface area contributed by atoms with Gasteiger partial charge < -0.3 is 15.4 Å². The first-order valence-electron chi connectivity index (χ1n) is 5.76. The maximum absolute atomic E-state index is 5.74. The minimum atomic E-state index is 0.258. The van der Waals surface area contributed by atoms with Gasteiger partial charge in [-0.15, -0.1) is 0 Å². The Morgan fingerprint density at radius 1 is 1.50 bits per heavy atom. The van der Waals surface area contributed by atoms with Gasteiger partial charge in [0.15, 0.2) is 0 Å². The van der Waals surface area contributed by atoms with Crippen molar-refractivity contribution in [3.05, 3.63) is 5.82 Å². The van der Waals surface area contributed by atoms with E-state index in [2.05, 4.69) is 14.3 Å². The smallest absolute Gasteiger partial charge is 0.205 e. The average Bonchev–Trinajstić information content (AvgIpc) is 3.07. The zero-order chi connectivity index (χ0) is 11.0. The number of rotatable bonds is 3. The molecule has 2 aliphatic rings. The number of ether oxygens (including phenoxy) is 1. The summed E-state index contributed by atoms with van der Waals surface area (Å²) in [6.45, 7) is 2.95. The van der Waals surface area contributed by atoms with E-state index in [0.717, 1.165) is 24.1 Å². The van der Waals surface area contributed by atoms with Crippen LogP contribution in [0.5, 0.6) is 0 Å². The van der Waals surface area contributed by atoms with Gasteiger partial charge in [0.1, 0.15) is 5.82 Å². The Balaban J connectivity index is 1.77. The highest BCUT2D eigenvalue weighted by Crippen LogP contribution is 2.39. The van der Waals surface area contributed by atoms with Gasteiger partial charge in [0, 0.05) is 30.5 Å². The van der Waals surface area contributed by atoms with Gasteiger partial charge in [0.25, 0.3) is 0 Å². The number of hydrogen-bond acceptors (Lipinski definition) is 6.